The molecule has 0 bridgehead atoms. The Balaban J connectivity index is 1.76. The van der Waals surface area contributed by atoms with E-state index in [4.69, 9.17) is 0 Å². The summed E-state index contributed by atoms with van der Waals surface area (Å²) >= 11 is 0. The minimum Gasteiger partial charge on any atom is -0.378 e. The number of nitrogens with one attached hydrogen (secondary N) is 2. The van der Waals surface area contributed by atoms with Crippen LogP contribution < -0.4 is 10.6 Å². The van der Waals surface area contributed by atoms with Gasteiger partial charge in [0.15, 0.2) is 0 Å². The highest BCUT2D eigenvalue weighted by Gasteiger charge is 2.25. The van der Waals surface area contributed by atoms with Crippen molar-refractivity contribution in [1.29, 1.82) is 0 Å². The zero-order valence-electron chi connectivity index (χ0n) is 15.5. The molecular weight excluding hydrogens is 344 g/mol. The lowest BCUT2D eigenvalue weighted by Crippen LogP contribution is -2.27. The third-order valence-electron chi connectivity index (χ3n) is 4.66. The van der Waals surface area contributed by atoms with Gasteiger partial charge in [0.25, 0.3) is 11.6 Å². The van der Waals surface area contributed by atoms with Crippen molar-refractivity contribution in [2.75, 3.05) is 26.0 Å². The number of anilines is 1. The molecule has 7 heteroatoms. The molecule has 3 rings (SSSR count). The second-order valence-electron chi connectivity index (χ2n) is 7.01. The number of likely N-dealkylation sites (N-methyl/N-ethyl adjacent to an activating group) is 1. The van der Waals surface area contributed by atoms with Gasteiger partial charge in [-0.25, -0.2) is 0 Å². The van der Waals surface area contributed by atoms with Crippen LogP contribution in [0.15, 0.2) is 48.5 Å². The second kappa shape index (κ2) is 8.18. The predicted octanol–water partition coefficient (Wildman–Crippen LogP) is 3.20. The molecule has 0 heterocycles. The van der Waals surface area contributed by atoms with Gasteiger partial charge in [-0.2, -0.15) is 0 Å². The molecule has 0 radical (unpaired) electrons. The minimum absolute atomic E-state index is 0.0589. The smallest absolute Gasteiger partial charge is 0.293 e. The molecule has 1 fully saturated rings. The number of rotatable bonds is 8. The van der Waals surface area contributed by atoms with Gasteiger partial charge in [0.05, 0.1) is 11.0 Å². The molecule has 1 unspecified atom stereocenters. The van der Waals surface area contributed by atoms with Crippen LogP contribution in [0.3, 0.4) is 0 Å². The minimum atomic E-state index is -0.455. The monoisotopic (exact) mass is 368 g/mol. The molecule has 1 saturated carbocycles. The van der Waals surface area contributed by atoms with Crippen LogP contribution in [-0.4, -0.2) is 42.4 Å². The average Bonchev–Trinajstić information content (AvgIpc) is 3.46. The molecule has 7 nitrogen and oxygen atoms in total. The standard InChI is InChI=1S/C20H24N4O3/c1-23(2)19(14-6-4-3-5-7-14)13-21-17-11-8-15(12-18(17)24(26)27)20(25)22-16-9-10-16/h3-8,11-12,16,19,21H,9-10,13H2,1-2H3,(H,22,25). The first-order valence-corrected chi connectivity index (χ1v) is 9.00. The summed E-state index contributed by atoms with van der Waals surface area (Å²) in [5, 5.41) is 17.5. The first-order valence-electron chi connectivity index (χ1n) is 9.00. The Kier molecular flexibility index (Phi) is 5.71. The summed E-state index contributed by atoms with van der Waals surface area (Å²) in [6.07, 6.45) is 1.94. The fourth-order valence-corrected chi connectivity index (χ4v) is 2.95. The first kappa shape index (κ1) is 18.8. The van der Waals surface area contributed by atoms with Crippen LogP contribution in [0.5, 0.6) is 0 Å². The van der Waals surface area contributed by atoms with Crippen molar-refractivity contribution in [3.05, 3.63) is 69.8 Å². The normalized spacial score (nSPS) is 14.6. The van der Waals surface area contributed by atoms with Crippen molar-refractivity contribution in [3.8, 4) is 0 Å². The molecule has 0 saturated heterocycles. The Hall–Kier alpha value is -2.93. The average molecular weight is 368 g/mol. The Morgan fingerprint density at radius 2 is 1.93 bits per heavy atom. The first-order chi connectivity index (χ1) is 13.0. The number of nitrogens with zero attached hydrogens (tertiary/aromatic N) is 2. The molecule has 1 atom stereocenters. The maximum absolute atomic E-state index is 12.2. The number of benzene rings is 2. The van der Waals surface area contributed by atoms with Crippen molar-refractivity contribution >= 4 is 17.3 Å². The number of hydrogen-bond donors (Lipinski definition) is 2. The summed E-state index contributed by atoms with van der Waals surface area (Å²) in [6, 6.07) is 14.8. The van der Waals surface area contributed by atoms with Crippen molar-refractivity contribution < 1.29 is 9.72 Å². The third-order valence-corrected chi connectivity index (χ3v) is 4.66. The third kappa shape index (κ3) is 4.83. The summed E-state index contributed by atoms with van der Waals surface area (Å²) in [6.45, 7) is 0.505. The van der Waals surface area contributed by atoms with Crippen molar-refractivity contribution in [1.82, 2.24) is 10.2 Å². The largest absolute Gasteiger partial charge is 0.378 e. The molecule has 1 aliphatic carbocycles. The van der Waals surface area contributed by atoms with E-state index in [0.29, 0.717) is 17.8 Å². The van der Waals surface area contributed by atoms with Crippen LogP contribution in [0.25, 0.3) is 0 Å². The Labute approximate surface area is 158 Å². The van der Waals surface area contributed by atoms with Gasteiger partial charge in [-0.3, -0.25) is 14.9 Å². The number of hydrogen-bond acceptors (Lipinski definition) is 5. The van der Waals surface area contributed by atoms with E-state index in [2.05, 4.69) is 15.5 Å². The fraction of sp³-hybridized carbons (Fsp3) is 0.350. The molecule has 0 aliphatic heterocycles. The number of carbonyl (C=O) groups excluding carboxylic acids is 1. The summed E-state index contributed by atoms with van der Waals surface area (Å²) in [5.74, 6) is -0.261. The van der Waals surface area contributed by atoms with Gasteiger partial charge < -0.3 is 15.5 Å². The van der Waals surface area contributed by atoms with E-state index < -0.39 is 4.92 Å². The van der Waals surface area contributed by atoms with Crippen LogP contribution >= 0.6 is 0 Å². The van der Waals surface area contributed by atoms with Crippen LogP contribution in [0.1, 0.15) is 34.8 Å². The molecule has 0 spiro atoms. The summed E-state index contributed by atoms with van der Waals surface area (Å²) in [7, 11) is 3.94. The van der Waals surface area contributed by atoms with Gasteiger partial charge in [0.2, 0.25) is 0 Å². The maximum Gasteiger partial charge on any atom is 0.293 e. The number of amides is 1. The molecule has 2 aromatic carbocycles. The van der Waals surface area contributed by atoms with Gasteiger partial charge in [0, 0.05) is 24.2 Å². The van der Waals surface area contributed by atoms with E-state index in [1.54, 1.807) is 12.1 Å². The van der Waals surface area contributed by atoms with Gasteiger partial charge in [-0.15, -0.1) is 0 Å². The van der Waals surface area contributed by atoms with E-state index >= 15 is 0 Å². The molecule has 1 amide bonds. The summed E-state index contributed by atoms with van der Waals surface area (Å²) in [5.41, 5.74) is 1.75. The van der Waals surface area contributed by atoms with Gasteiger partial charge in [-0.1, -0.05) is 30.3 Å². The number of nitro groups is 1. The van der Waals surface area contributed by atoms with Crippen molar-refractivity contribution in [2.24, 2.45) is 0 Å². The lowest BCUT2D eigenvalue weighted by Gasteiger charge is -2.25. The molecule has 0 aromatic heterocycles. The highest BCUT2D eigenvalue weighted by molar-refractivity contribution is 5.96. The molecule has 142 valence electrons. The highest BCUT2D eigenvalue weighted by atomic mass is 16.6. The molecule has 2 N–H and O–H groups in total. The fourth-order valence-electron chi connectivity index (χ4n) is 2.95. The molecule has 27 heavy (non-hydrogen) atoms. The van der Waals surface area contributed by atoms with Gasteiger partial charge in [0.1, 0.15) is 5.69 Å². The van der Waals surface area contributed by atoms with Gasteiger partial charge >= 0.3 is 0 Å². The topological polar surface area (TPSA) is 87.5 Å². The van der Waals surface area contributed by atoms with Crippen LogP contribution in [0.4, 0.5) is 11.4 Å². The molecule has 2 aromatic rings. The quantitative estimate of drug-likeness (QED) is 0.552. The Bertz CT molecular complexity index is 819. The Morgan fingerprint density at radius 3 is 2.52 bits per heavy atom. The van der Waals surface area contributed by atoms with Crippen LogP contribution in [-0.2, 0) is 0 Å². The Morgan fingerprint density at radius 1 is 1.22 bits per heavy atom. The maximum atomic E-state index is 12.2. The summed E-state index contributed by atoms with van der Waals surface area (Å²) < 4.78 is 0. The van der Waals surface area contributed by atoms with E-state index in [1.165, 1.54) is 6.07 Å². The lowest BCUT2D eigenvalue weighted by atomic mass is 10.1. The summed E-state index contributed by atoms with van der Waals surface area (Å²) in [4.78, 5) is 25.3. The van der Waals surface area contributed by atoms with Gasteiger partial charge in [-0.05, 0) is 44.6 Å². The zero-order chi connectivity index (χ0) is 19.4. The number of carbonyl (C=O) groups is 1. The second-order valence-corrected chi connectivity index (χ2v) is 7.01. The molecular formula is C20H24N4O3. The van der Waals surface area contributed by atoms with E-state index in [9.17, 15) is 14.9 Å². The van der Waals surface area contributed by atoms with Crippen molar-refractivity contribution in [3.63, 3.8) is 0 Å². The van der Waals surface area contributed by atoms with E-state index in [1.807, 2.05) is 44.4 Å². The highest BCUT2D eigenvalue weighted by Crippen LogP contribution is 2.28. The SMILES string of the molecule is CN(C)C(CNc1ccc(C(=O)NC2CC2)cc1[N+](=O)[O-])c1ccccc1. The molecule has 1 aliphatic rings. The van der Waals surface area contributed by atoms with E-state index in [0.717, 1.165) is 18.4 Å². The lowest BCUT2D eigenvalue weighted by molar-refractivity contribution is -0.384. The predicted molar refractivity (Wildman–Crippen MR) is 105 cm³/mol. The van der Waals surface area contributed by atoms with Crippen LogP contribution in [0.2, 0.25) is 0 Å². The van der Waals surface area contributed by atoms with Crippen LogP contribution in [0, 0.1) is 10.1 Å². The number of nitro benzene ring substituents is 1. The van der Waals surface area contributed by atoms with E-state index in [-0.39, 0.29) is 23.7 Å². The zero-order valence-corrected chi connectivity index (χ0v) is 15.5. The van der Waals surface area contributed by atoms with Crippen molar-refractivity contribution in [2.45, 2.75) is 24.9 Å².